The average molecular weight is 290 g/mol. The van der Waals surface area contributed by atoms with E-state index in [1.165, 1.54) is 0 Å². The van der Waals surface area contributed by atoms with Crippen molar-refractivity contribution in [3.05, 3.63) is 34.4 Å². The molecule has 0 saturated heterocycles. The van der Waals surface area contributed by atoms with E-state index in [0.29, 0.717) is 0 Å². The van der Waals surface area contributed by atoms with Crippen LogP contribution in [0.3, 0.4) is 0 Å². The van der Waals surface area contributed by atoms with Crippen molar-refractivity contribution in [1.29, 1.82) is 0 Å². The van der Waals surface area contributed by atoms with Crippen LogP contribution >= 0.6 is 11.6 Å². The van der Waals surface area contributed by atoms with Crippen LogP contribution in [-0.4, -0.2) is 11.2 Å². The van der Waals surface area contributed by atoms with Crippen molar-refractivity contribution in [2.45, 2.75) is 44.2 Å². The minimum absolute atomic E-state index is 0.0122. The van der Waals surface area contributed by atoms with Gasteiger partial charge in [0.25, 0.3) is 0 Å². The van der Waals surface area contributed by atoms with Crippen LogP contribution in [0.25, 0.3) is 0 Å². The van der Waals surface area contributed by atoms with Crippen LogP contribution in [0.5, 0.6) is 0 Å². The summed E-state index contributed by atoms with van der Waals surface area (Å²) < 4.78 is 27.5. The second-order valence-electron chi connectivity index (χ2n) is 5.20. The van der Waals surface area contributed by atoms with Crippen molar-refractivity contribution >= 4 is 11.6 Å². The number of aliphatic hydroxyl groups is 1. The van der Waals surface area contributed by atoms with E-state index in [0.717, 1.165) is 44.2 Å². The van der Waals surface area contributed by atoms with Crippen molar-refractivity contribution in [1.82, 2.24) is 0 Å². The molecule has 106 valence electrons. The van der Waals surface area contributed by atoms with Gasteiger partial charge in [-0.15, -0.1) is 0 Å². The van der Waals surface area contributed by atoms with Gasteiger partial charge < -0.3 is 10.8 Å². The number of hydrogen-bond donors (Lipinski definition) is 2. The van der Waals surface area contributed by atoms with E-state index in [1.54, 1.807) is 0 Å². The summed E-state index contributed by atoms with van der Waals surface area (Å²) in [4.78, 5) is 0. The Bertz CT molecular complexity index is 426. The molecule has 0 amide bonds. The average Bonchev–Trinajstić information content (AvgIpc) is 2.37. The molecular formula is C14H18ClF2NO. The highest BCUT2D eigenvalue weighted by atomic mass is 35.5. The first-order valence-corrected chi connectivity index (χ1v) is 6.96. The Balaban J connectivity index is 2.20. The zero-order valence-electron chi connectivity index (χ0n) is 10.6. The van der Waals surface area contributed by atoms with E-state index >= 15 is 0 Å². The van der Waals surface area contributed by atoms with Crippen LogP contribution in [0, 0.1) is 17.6 Å². The third-order valence-electron chi connectivity index (χ3n) is 3.88. The third kappa shape index (κ3) is 3.25. The second kappa shape index (κ2) is 6.16. The van der Waals surface area contributed by atoms with Gasteiger partial charge in [-0.25, -0.2) is 8.78 Å². The van der Waals surface area contributed by atoms with E-state index in [-0.39, 0.29) is 16.5 Å². The van der Waals surface area contributed by atoms with Gasteiger partial charge in [0.2, 0.25) is 0 Å². The van der Waals surface area contributed by atoms with Crippen molar-refractivity contribution < 1.29 is 13.9 Å². The summed E-state index contributed by atoms with van der Waals surface area (Å²) >= 11 is 5.57. The van der Waals surface area contributed by atoms with E-state index in [2.05, 4.69) is 0 Å². The molecule has 1 saturated carbocycles. The molecule has 0 heterocycles. The summed E-state index contributed by atoms with van der Waals surface area (Å²) in [5, 5.41) is 10.2. The molecular weight excluding hydrogens is 272 g/mol. The monoisotopic (exact) mass is 289 g/mol. The molecule has 0 bridgehead atoms. The fourth-order valence-corrected chi connectivity index (χ4v) is 3.00. The maximum atomic E-state index is 13.8. The van der Waals surface area contributed by atoms with Crippen LogP contribution in [-0.2, 0) is 0 Å². The molecule has 0 radical (unpaired) electrons. The Morgan fingerprint density at radius 1 is 1.16 bits per heavy atom. The Morgan fingerprint density at radius 2 is 1.68 bits per heavy atom. The highest BCUT2D eigenvalue weighted by Gasteiger charge is 2.31. The van der Waals surface area contributed by atoms with Gasteiger partial charge in [0.1, 0.15) is 11.6 Å². The van der Waals surface area contributed by atoms with Gasteiger partial charge in [-0.2, -0.15) is 0 Å². The number of benzene rings is 1. The zero-order valence-corrected chi connectivity index (χ0v) is 11.3. The van der Waals surface area contributed by atoms with Crippen molar-refractivity contribution in [3.8, 4) is 0 Å². The van der Waals surface area contributed by atoms with Crippen molar-refractivity contribution in [2.75, 3.05) is 0 Å². The van der Waals surface area contributed by atoms with Crippen molar-refractivity contribution in [3.63, 3.8) is 0 Å². The molecule has 2 atom stereocenters. The lowest BCUT2D eigenvalue weighted by Crippen LogP contribution is -2.35. The summed E-state index contributed by atoms with van der Waals surface area (Å²) in [5.41, 5.74) is 5.57. The lowest BCUT2D eigenvalue weighted by molar-refractivity contribution is 0.0597. The first kappa shape index (κ1) is 14.7. The fourth-order valence-electron chi connectivity index (χ4n) is 2.81. The maximum absolute atomic E-state index is 13.8. The van der Waals surface area contributed by atoms with Gasteiger partial charge in [-0.1, -0.05) is 30.9 Å². The number of halogens is 3. The molecule has 19 heavy (non-hydrogen) atoms. The highest BCUT2D eigenvalue weighted by molar-refractivity contribution is 6.30. The van der Waals surface area contributed by atoms with Gasteiger partial charge in [0.05, 0.1) is 12.1 Å². The fraction of sp³-hybridized carbons (Fsp3) is 0.571. The van der Waals surface area contributed by atoms with Gasteiger partial charge in [0, 0.05) is 10.6 Å². The van der Waals surface area contributed by atoms with E-state index in [9.17, 15) is 13.9 Å². The second-order valence-corrected chi connectivity index (χ2v) is 5.63. The Morgan fingerprint density at radius 3 is 2.21 bits per heavy atom. The van der Waals surface area contributed by atoms with Gasteiger partial charge in [0.15, 0.2) is 0 Å². The first-order valence-electron chi connectivity index (χ1n) is 6.59. The summed E-state index contributed by atoms with van der Waals surface area (Å²) in [6, 6.07) is 0.987. The Hall–Kier alpha value is -0.710. The maximum Gasteiger partial charge on any atom is 0.132 e. The van der Waals surface area contributed by atoms with E-state index < -0.39 is 23.8 Å². The molecule has 3 N–H and O–H groups in total. The van der Waals surface area contributed by atoms with E-state index in [1.807, 2.05) is 0 Å². The van der Waals surface area contributed by atoms with Crippen LogP contribution < -0.4 is 5.73 Å². The Labute approximate surface area is 116 Å². The predicted octanol–water partition coefficient (Wildman–Crippen LogP) is 3.56. The van der Waals surface area contributed by atoms with Crippen molar-refractivity contribution in [2.24, 2.45) is 11.7 Å². The minimum Gasteiger partial charge on any atom is -0.391 e. The molecule has 2 nitrogen and oxygen atoms in total. The molecule has 5 heteroatoms. The molecule has 0 spiro atoms. The first-order chi connectivity index (χ1) is 9.00. The third-order valence-corrected chi connectivity index (χ3v) is 4.10. The quantitative estimate of drug-likeness (QED) is 0.894. The minimum atomic E-state index is -1.06. The molecule has 0 aromatic heterocycles. The smallest absolute Gasteiger partial charge is 0.132 e. The van der Waals surface area contributed by atoms with Gasteiger partial charge in [-0.05, 0) is 30.9 Å². The summed E-state index contributed by atoms with van der Waals surface area (Å²) in [6.07, 6.45) is 3.98. The highest BCUT2D eigenvalue weighted by Crippen LogP contribution is 2.33. The molecule has 2 rings (SSSR count). The number of aliphatic hydroxyl groups excluding tert-OH is 1. The normalized spacial score (nSPS) is 20.3. The number of nitrogens with two attached hydrogens (primary N) is 1. The summed E-state index contributed by atoms with van der Waals surface area (Å²) in [6.45, 7) is 0. The van der Waals surface area contributed by atoms with E-state index in [4.69, 9.17) is 17.3 Å². The van der Waals surface area contributed by atoms with Crippen LogP contribution in [0.4, 0.5) is 8.78 Å². The summed E-state index contributed by atoms with van der Waals surface area (Å²) in [7, 11) is 0. The molecule has 1 aromatic rings. The standard InChI is InChI=1S/C14H18ClF2NO/c15-9-6-10(16)12(11(17)7-9)13(18)14(19)8-4-2-1-3-5-8/h6-8,13-14,19H,1-5,18H2/t13-,14+/m0/s1. The SMILES string of the molecule is N[C@@H](c1c(F)cc(Cl)cc1F)[C@H](O)C1CCCCC1. The lowest BCUT2D eigenvalue weighted by atomic mass is 9.81. The van der Waals surface area contributed by atoms with Gasteiger partial charge in [-0.3, -0.25) is 0 Å². The van der Waals surface area contributed by atoms with Crippen LogP contribution in [0.15, 0.2) is 12.1 Å². The largest absolute Gasteiger partial charge is 0.391 e. The zero-order chi connectivity index (χ0) is 14.0. The lowest BCUT2D eigenvalue weighted by Gasteiger charge is -2.30. The van der Waals surface area contributed by atoms with Crippen LogP contribution in [0.2, 0.25) is 5.02 Å². The van der Waals surface area contributed by atoms with Crippen LogP contribution in [0.1, 0.15) is 43.7 Å². The molecule has 1 aromatic carbocycles. The topological polar surface area (TPSA) is 46.2 Å². The number of hydrogen-bond acceptors (Lipinski definition) is 2. The van der Waals surface area contributed by atoms with Gasteiger partial charge >= 0.3 is 0 Å². The molecule has 0 aliphatic heterocycles. The Kier molecular flexibility index (Phi) is 4.76. The molecule has 1 fully saturated rings. The molecule has 1 aliphatic rings. The number of rotatable bonds is 3. The molecule has 1 aliphatic carbocycles. The predicted molar refractivity (Wildman–Crippen MR) is 70.9 cm³/mol. The molecule has 0 unspecified atom stereocenters. The summed E-state index contributed by atoms with van der Waals surface area (Å²) in [5.74, 6) is -1.59.